The molecule has 0 unspecified atom stereocenters. The van der Waals surface area contributed by atoms with E-state index in [1.54, 1.807) is 4.90 Å². The van der Waals surface area contributed by atoms with Crippen LogP contribution in [0.25, 0.3) is 0 Å². The summed E-state index contributed by atoms with van der Waals surface area (Å²) in [6.07, 6.45) is 4.81. The predicted octanol–water partition coefficient (Wildman–Crippen LogP) is 6.30. The van der Waals surface area contributed by atoms with Crippen molar-refractivity contribution in [1.29, 1.82) is 0 Å². The highest BCUT2D eigenvalue weighted by molar-refractivity contribution is 6.32. The Balaban J connectivity index is 1.45. The molecule has 0 spiro atoms. The van der Waals surface area contributed by atoms with E-state index in [1.165, 1.54) is 24.4 Å². The van der Waals surface area contributed by atoms with Crippen LogP contribution in [0.4, 0.5) is 31.9 Å². The predicted molar refractivity (Wildman–Crippen MR) is 140 cm³/mol. The Kier molecular flexibility index (Phi) is 8.15. The Labute approximate surface area is 214 Å². The number of carbonyl (C=O) groups is 1. The van der Waals surface area contributed by atoms with E-state index in [9.17, 15) is 13.6 Å². The molecule has 6 nitrogen and oxygen atoms in total. The molecular weight excluding hydrogens is 484 g/mol. The van der Waals surface area contributed by atoms with Crippen LogP contribution >= 0.6 is 11.6 Å². The maximum absolute atomic E-state index is 14.9. The summed E-state index contributed by atoms with van der Waals surface area (Å²) in [5.74, 6) is -0.250. The fraction of sp³-hybridized carbons (Fsp3) is 0.296. The third-order valence-electron chi connectivity index (χ3n) is 6.17. The van der Waals surface area contributed by atoms with Gasteiger partial charge in [0.2, 0.25) is 5.95 Å². The van der Waals surface area contributed by atoms with E-state index in [4.69, 9.17) is 11.6 Å². The zero-order chi connectivity index (χ0) is 25.7. The number of hydrogen-bond acceptors (Lipinski definition) is 6. The number of halogens is 3. The molecule has 1 fully saturated rings. The Morgan fingerprint density at radius 3 is 2.58 bits per heavy atom. The van der Waals surface area contributed by atoms with Crippen molar-refractivity contribution in [3.63, 3.8) is 0 Å². The van der Waals surface area contributed by atoms with Gasteiger partial charge in [0.25, 0.3) is 0 Å². The monoisotopic (exact) mass is 511 g/mol. The zero-order valence-electron chi connectivity index (χ0n) is 20.0. The molecule has 9 heteroatoms. The molecule has 2 N–H and O–H groups in total. The lowest BCUT2D eigenvalue weighted by Gasteiger charge is -2.32. The van der Waals surface area contributed by atoms with Gasteiger partial charge >= 0.3 is 0 Å². The molecule has 0 amide bonds. The normalized spacial score (nSPS) is 13.9. The summed E-state index contributed by atoms with van der Waals surface area (Å²) < 4.78 is 29.7. The third-order valence-corrected chi connectivity index (χ3v) is 6.45. The zero-order valence-corrected chi connectivity index (χ0v) is 20.8. The third kappa shape index (κ3) is 6.37. The number of carbonyl (C=O) groups excluding carboxylic acids is 1. The SMILES string of the molecule is C=CC(=O)Cc1cccc(CNc2nc(Nc3cc(F)c(N4CCC(C)CC4)c(F)c3)ncc2Cl)c1. The summed E-state index contributed by atoms with van der Waals surface area (Å²) in [6, 6.07) is 10.1. The van der Waals surface area contributed by atoms with Crippen molar-refractivity contribution >= 4 is 40.5 Å². The maximum atomic E-state index is 14.9. The average Bonchev–Trinajstić information content (AvgIpc) is 2.85. The molecule has 1 aromatic heterocycles. The maximum Gasteiger partial charge on any atom is 0.229 e. The Hall–Kier alpha value is -3.52. The van der Waals surface area contributed by atoms with Gasteiger partial charge in [-0.2, -0.15) is 4.98 Å². The molecule has 1 aliphatic rings. The molecule has 1 saturated heterocycles. The van der Waals surface area contributed by atoms with Gasteiger partial charge in [-0.3, -0.25) is 4.79 Å². The molecule has 3 aromatic rings. The Morgan fingerprint density at radius 2 is 1.89 bits per heavy atom. The number of nitrogens with zero attached hydrogens (tertiary/aromatic N) is 3. The number of nitrogens with one attached hydrogen (secondary N) is 2. The quantitative estimate of drug-likeness (QED) is 0.329. The molecule has 0 radical (unpaired) electrons. The average molecular weight is 512 g/mol. The molecule has 0 bridgehead atoms. The summed E-state index contributed by atoms with van der Waals surface area (Å²) in [5, 5.41) is 6.30. The van der Waals surface area contributed by atoms with Crippen LogP contribution in [-0.2, 0) is 17.8 Å². The highest BCUT2D eigenvalue weighted by atomic mass is 35.5. The number of rotatable bonds is 9. The van der Waals surface area contributed by atoms with E-state index < -0.39 is 11.6 Å². The van der Waals surface area contributed by atoms with Gasteiger partial charge in [0, 0.05) is 31.7 Å². The number of allylic oxidation sites excluding steroid dienone is 1. The van der Waals surface area contributed by atoms with E-state index in [0.29, 0.717) is 36.4 Å². The highest BCUT2D eigenvalue weighted by Crippen LogP contribution is 2.31. The van der Waals surface area contributed by atoms with Crippen molar-refractivity contribution in [3.8, 4) is 0 Å². The lowest BCUT2D eigenvalue weighted by Crippen LogP contribution is -2.34. The van der Waals surface area contributed by atoms with Gasteiger partial charge in [0.15, 0.2) is 23.2 Å². The van der Waals surface area contributed by atoms with E-state index in [-0.39, 0.29) is 29.5 Å². The first-order chi connectivity index (χ1) is 17.3. The number of hydrogen-bond donors (Lipinski definition) is 2. The van der Waals surface area contributed by atoms with E-state index in [2.05, 4.69) is 34.1 Å². The van der Waals surface area contributed by atoms with Gasteiger partial charge in [0.05, 0.1) is 6.20 Å². The number of aromatic nitrogens is 2. The molecule has 0 saturated carbocycles. The van der Waals surface area contributed by atoms with Gasteiger partial charge in [-0.25, -0.2) is 13.8 Å². The molecule has 2 aromatic carbocycles. The lowest BCUT2D eigenvalue weighted by molar-refractivity contribution is -0.114. The molecule has 4 rings (SSSR count). The van der Waals surface area contributed by atoms with E-state index in [0.717, 1.165) is 24.0 Å². The minimum Gasteiger partial charge on any atom is -0.367 e. The lowest BCUT2D eigenvalue weighted by atomic mass is 9.98. The minimum atomic E-state index is -0.630. The standard InChI is InChI=1S/C27H28ClF2N5O/c1-3-21(36)12-18-5-4-6-19(11-18)15-31-26-22(28)16-32-27(34-26)33-20-13-23(29)25(24(30)14-20)35-9-7-17(2)8-10-35/h3-6,11,13-14,16-17H,1,7-10,12,15H2,2H3,(H2,31,32,33,34). The fourth-order valence-electron chi connectivity index (χ4n) is 4.16. The van der Waals surface area contributed by atoms with Gasteiger partial charge < -0.3 is 15.5 Å². The Morgan fingerprint density at radius 1 is 1.19 bits per heavy atom. The van der Waals surface area contributed by atoms with Crippen LogP contribution in [0, 0.1) is 17.6 Å². The van der Waals surface area contributed by atoms with Gasteiger partial charge in [-0.05, 0) is 48.1 Å². The number of ketones is 1. The molecule has 0 atom stereocenters. The molecular formula is C27H28ClF2N5O. The Bertz CT molecular complexity index is 1240. The fourth-order valence-corrected chi connectivity index (χ4v) is 4.32. The van der Waals surface area contributed by atoms with E-state index >= 15 is 0 Å². The van der Waals surface area contributed by atoms with Crippen LogP contribution in [0.1, 0.15) is 30.9 Å². The van der Waals surface area contributed by atoms with Crippen molar-refractivity contribution < 1.29 is 13.6 Å². The second-order valence-electron chi connectivity index (χ2n) is 8.99. The summed E-state index contributed by atoms with van der Waals surface area (Å²) in [7, 11) is 0. The first-order valence-corrected chi connectivity index (χ1v) is 12.2. The first-order valence-electron chi connectivity index (χ1n) is 11.8. The van der Waals surface area contributed by atoms with Crippen molar-refractivity contribution in [2.24, 2.45) is 5.92 Å². The molecule has 1 aliphatic heterocycles. The van der Waals surface area contributed by atoms with Crippen LogP contribution in [0.3, 0.4) is 0 Å². The van der Waals surface area contributed by atoms with Crippen molar-refractivity contribution in [1.82, 2.24) is 9.97 Å². The molecule has 2 heterocycles. The summed E-state index contributed by atoms with van der Waals surface area (Å²) in [5.41, 5.74) is 2.01. The topological polar surface area (TPSA) is 70.2 Å². The summed E-state index contributed by atoms with van der Waals surface area (Å²) in [6.45, 7) is 7.31. The number of piperidine rings is 1. The van der Waals surface area contributed by atoms with Gasteiger partial charge in [-0.15, -0.1) is 0 Å². The number of anilines is 4. The first kappa shape index (κ1) is 25.6. The molecule has 188 valence electrons. The van der Waals surface area contributed by atoms with Crippen LogP contribution in [0.5, 0.6) is 0 Å². The minimum absolute atomic E-state index is 0.00357. The summed E-state index contributed by atoms with van der Waals surface area (Å²) in [4.78, 5) is 21.9. The van der Waals surface area contributed by atoms with Crippen molar-refractivity contribution in [2.45, 2.75) is 32.7 Å². The second-order valence-corrected chi connectivity index (χ2v) is 9.40. The highest BCUT2D eigenvalue weighted by Gasteiger charge is 2.22. The van der Waals surface area contributed by atoms with Crippen molar-refractivity contribution in [2.75, 3.05) is 28.6 Å². The van der Waals surface area contributed by atoms with Crippen LogP contribution in [-0.4, -0.2) is 28.8 Å². The van der Waals surface area contributed by atoms with Crippen LogP contribution in [0.2, 0.25) is 5.02 Å². The van der Waals surface area contributed by atoms with Crippen LogP contribution < -0.4 is 15.5 Å². The number of benzene rings is 2. The second kappa shape index (κ2) is 11.5. The van der Waals surface area contributed by atoms with Gasteiger partial charge in [-0.1, -0.05) is 49.4 Å². The van der Waals surface area contributed by atoms with Gasteiger partial charge in [0.1, 0.15) is 10.7 Å². The molecule has 36 heavy (non-hydrogen) atoms. The van der Waals surface area contributed by atoms with Crippen LogP contribution in [0.15, 0.2) is 55.3 Å². The largest absolute Gasteiger partial charge is 0.367 e. The van der Waals surface area contributed by atoms with Crippen molar-refractivity contribution in [3.05, 3.63) is 83.0 Å². The van der Waals surface area contributed by atoms with E-state index in [1.807, 2.05) is 24.3 Å². The smallest absolute Gasteiger partial charge is 0.229 e. The molecule has 0 aliphatic carbocycles. The summed E-state index contributed by atoms with van der Waals surface area (Å²) >= 11 is 6.26.